The molecular formula is C10H10. The van der Waals surface area contributed by atoms with Crippen molar-refractivity contribution in [1.29, 1.82) is 0 Å². The van der Waals surface area contributed by atoms with Gasteiger partial charge in [0, 0.05) is 5.57 Å². The van der Waals surface area contributed by atoms with Gasteiger partial charge in [-0.25, -0.2) is 0 Å². The van der Waals surface area contributed by atoms with E-state index in [1.54, 1.807) is 0 Å². The standard InChI is InChI=1S/C10H10/c1-3-8-5-4-7(2)9-6-10(8)9/h1,4-5,9-10H,6H2,2H3. The van der Waals surface area contributed by atoms with Crippen molar-refractivity contribution in [2.45, 2.75) is 13.3 Å². The van der Waals surface area contributed by atoms with E-state index in [0.29, 0.717) is 0 Å². The normalized spacial score (nSPS) is 35.2. The van der Waals surface area contributed by atoms with Gasteiger partial charge in [-0.3, -0.25) is 0 Å². The minimum absolute atomic E-state index is 0.718. The van der Waals surface area contributed by atoms with Crippen molar-refractivity contribution in [3.63, 3.8) is 0 Å². The first-order chi connectivity index (χ1) is 4.83. The van der Waals surface area contributed by atoms with Crippen LogP contribution >= 0.6 is 0 Å². The molecular weight excluding hydrogens is 120 g/mol. The molecule has 0 amide bonds. The number of hydrogen-bond donors (Lipinski definition) is 0. The van der Waals surface area contributed by atoms with Gasteiger partial charge in [0.2, 0.25) is 0 Å². The van der Waals surface area contributed by atoms with Crippen LogP contribution in [0.3, 0.4) is 0 Å². The molecule has 0 bridgehead atoms. The van der Waals surface area contributed by atoms with Crippen LogP contribution in [0.5, 0.6) is 0 Å². The van der Waals surface area contributed by atoms with Crippen molar-refractivity contribution in [1.82, 2.24) is 0 Å². The van der Waals surface area contributed by atoms with Gasteiger partial charge in [-0.05, 0) is 25.2 Å². The van der Waals surface area contributed by atoms with E-state index in [1.807, 2.05) is 0 Å². The van der Waals surface area contributed by atoms with E-state index < -0.39 is 0 Å². The van der Waals surface area contributed by atoms with Crippen LogP contribution in [0, 0.1) is 24.2 Å². The molecule has 2 aliphatic rings. The third-order valence-electron chi connectivity index (χ3n) is 2.47. The monoisotopic (exact) mass is 130 g/mol. The van der Waals surface area contributed by atoms with Crippen LogP contribution in [0.2, 0.25) is 0 Å². The Kier molecular flexibility index (Phi) is 1.02. The summed E-state index contributed by atoms with van der Waals surface area (Å²) in [6.45, 7) is 2.19. The molecule has 2 rings (SSSR count). The van der Waals surface area contributed by atoms with Gasteiger partial charge in [0.05, 0.1) is 0 Å². The van der Waals surface area contributed by atoms with Crippen LogP contribution in [0.25, 0.3) is 0 Å². The number of hydrogen-bond acceptors (Lipinski definition) is 0. The Morgan fingerprint density at radius 2 is 2.30 bits per heavy atom. The summed E-state index contributed by atoms with van der Waals surface area (Å²) in [5.41, 5.74) is 2.71. The summed E-state index contributed by atoms with van der Waals surface area (Å²) in [5, 5.41) is 0. The molecule has 50 valence electrons. The Balaban J connectivity index is 2.34. The third kappa shape index (κ3) is 0.640. The Hall–Kier alpha value is -0.960. The smallest absolute Gasteiger partial charge is 0.00547 e. The fourth-order valence-electron chi connectivity index (χ4n) is 1.67. The van der Waals surface area contributed by atoms with Crippen molar-refractivity contribution in [2.75, 3.05) is 0 Å². The Morgan fingerprint density at radius 1 is 1.50 bits per heavy atom. The lowest BCUT2D eigenvalue weighted by Crippen LogP contribution is -1.92. The van der Waals surface area contributed by atoms with E-state index in [2.05, 4.69) is 25.0 Å². The maximum absolute atomic E-state index is 5.32. The summed E-state index contributed by atoms with van der Waals surface area (Å²) in [7, 11) is 0. The van der Waals surface area contributed by atoms with Crippen LogP contribution in [0.4, 0.5) is 0 Å². The highest BCUT2D eigenvalue weighted by atomic mass is 14.4. The van der Waals surface area contributed by atoms with E-state index in [-0.39, 0.29) is 0 Å². The minimum Gasteiger partial charge on any atom is -0.115 e. The van der Waals surface area contributed by atoms with Crippen LogP contribution in [-0.4, -0.2) is 0 Å². The van der Waals surface area contributed by atoms with E-state index in [4.69, 9.17) is 6.42 Å². The average Bonchev–Trinajstić information content (AvgIpc) is 2.68. The third-order valence-corrected chi connectivity index (χ3v) is 2.47. The van der Waals surface area contributed by atoms with Crippen molar-refractivity contribution in [2.24, 2.45) is 11.8 Å². The molecule has 0 aromatic heterocycles. The predicted octanol–water partition coefficient (Wildman–Crippen LogP) is 2.14. The van der Waals surface area contributed by atoms with Gasteiger partial charge in [-0.15, -0.1) is 6.42 Å². The number of terminal acetylenes is 1. The molecule has 2 atom stereocenters. The minimum atomic E-state index is 0.718. The van der Waals surface area contributed by atoms with Gasteiger partial charge in [0.15, 0.2) is 0 Å². The molecule has 1 saturated carbocycles. The maximum atomic E-state index is 5.32. The van der Waals surface area contributed by atoms with Gasteiger partial charge >= 0.3 is 0 Å². The first-order valence-corrected chi connectivity index (χ1v) is 3.68. The van der Waals surface area contributed by atoms with Gasteiger partial charge < -0.3 is 0 Å². The van der Waals surface area contributed by atoms with Crippen LogP contribution in [0.1, 0.15) is 13.3 Å². The lowest BCUT2D eigenvalue weighted by molar-refractivity contribution is 0.886. The van der Waals surface area contributed by atoms with Gasteiger partial charge in [-0.2, -0.15) is 0 Å². The molecule has 0 nitrogen and oxygen atoms in total. The second-order valence-electron chi connectivity index (χ2n) is 3.13. The van der Waals surface area contributed by atoms with Crippen LogP contribution in [0.15, 0.2) is 23.3 Å². The van der Waals surface area contributed by atoms with Crippen LogP contribution in [-0.2, 0) is 0 Å². The summed E-state index contributed by atoms with van der Waals surface area (Å²) in [4.78, 5) is 0. The number of rotatable bonds is 0. The van der Waals surface area contributed by atoms with E-state index in [0.717, 1.165) is 11.8 Å². The molecule has 0 N–H and O–H groups in total. The molecule has 0 radical (unpaired) electrons. The topological polar surface area (TPSA) is 0 Å². The Labute approximate surface area is 61.6 Å². The maximum Gasteiger partial charge on any atom is 0.00547 e. The predicted molar refractivity (Wildman–Crippen MR) is 42.3 cm³/mol. The SMILES string of the molecule is C#CC1=CC=C(C)C2CC12. The summed E-state index contributed by atoms with van der Waals surface area (Å²) in [6.07, 6.45) is 10.9. The molecule has 2 aliphatic carbocycles. The summed E-state index contributed by atoms with van der Waals surface area (Å²) in [5.74, 6) is 4.25. The quantitative estimate of drug-likeness (QED) is 0.441. The Bertz CT molecular complexity index is 260. The van der Waals surface area contributed by atoms with E-state index >= 15 is 0 Å². The van der Waals surface area contributed by atoms with Gasteiger partial charge in [-0.1, -0.05) is 23.6 Å². The summed E-state index contributed by atoms with van der Waals surface area (Å²) in [6, 6.07) is 0. The first kappa shape index (κ1) is 5.80. The molecule has 2 unspecified atom stereocenters. The van der Waals surface area contributed by atoms with Crippen molar-refractivity contribution < 1.29 is 0 Å². The molecule has 0 aliphatic heterocycles. The highest BCUT2D eigenvalue weighted by Crippen LogP contribution is 2.50. The van der Waals surface area contributed by atoms with Crippen molar-refractivity contribution >= 4 is 0 Å². The molecule has 0 saturated heterocycles. The molecule has 0 aromatic rings. The fraction of sp³-hybridized carbons (Fsp3) is 0.400. The molecule has 1 fully saturated rings. The van der Waals surface area contributed by atoms with Crippen molar-refractivity contribution in [3.8, 4) is 12.3 Å². The lowest BCUT2D eigenvalue weighted by Gasteiger charge is -2.04. The largest absolute Gasteiger partial charge is 0.115 e. The zero-order valence-corrected chi connectivity index (χ0v) is 6.09. The molecule has 10 heavy (non-hydrogen) atoms. The van der Waals surface area contributed by atoms with Gasteiger partial charge in [0.25, 0.3) is 0 Å². The molecule has 0 heteroatoms. The molecule has 0 heterocycles. The zero-order valence-electron chi connectivity index (χ0n) is 6.09. The summed E-state index contributed by atoms with van der Waals surface area (Å²) >= 11 is 0. The lowest BCUT2D eigenvalue weighted by atomic mass is 10.0. The zero-order chi connectivity index (χ0) is 7.14. The van der Waals surface area contributed by atoms with Crippen molar-refractivity contribution in [3.05, 3.63) is 23.3 Å². The highest BCUT2D eigenvalue weighted by Gasteiger charge is 2.41. The number of fused-ring (bicyclic) bond motifs is 1. The highest BCUT2D eigenvalue weighted by molar-refractivity contribution is 5.43. The van der Waals surface area contributed by atoms with Gasteiger partial charge in [0.1, 0.15) is 0 Å². The summed E-state index contributed by atoms with van der Waals surface area (Å²) < 4.78 is 0. The number of allylic oxidation sites excluding steroid dienone is 4. The second kappa shape index (κ2) is 1.76. The van der Waals surface area contributed by atoms with E-state index in [1.165, 1.54) is 17.6 Å². The Morgan fingerprint density at radius 3 is 3.00 bits per heavy atom. The fourth-order valence-corrected chi connectivity index (χ4v) is 1.67. The van der Waals surface area contributed by atoms with Crippen LogP contribution < -0.4 is 0 Å². The average molecular weight is 130 g/mol. The first-order valence-electron chi connectivity index (χ1n) is 3.68. The second-order valence-corrected chi connectivity index (χ2v) is 3.13. The molecule has 0 spiro atoms. The molecule has 0 aromatic carbocycles. The van der Waals surface area contributed by atoms with E-state index in [9.17, 15) is 0 Å².